The number of phenols is 2. The molecule has 0 aromatic heterocycles. The molecule has 4 heteroatoms. The fourth-order valence-corrected chi connectivity index (χ4v) is 4.15. The second kappa shape index (κ2) is 9.29. The van der Waals surface area contributed by atoms with E-state index in [0.29, 0.717) is 5.56 Å². The summed E-state index contributed by atoms with van der Waals surface area (Å²) in [7, 11) is 1.76. The van der Waals surface area contributed by atoms with E-state index < -0.39 is 0 Å². The highest BCUT2D eigenvalue weighted by molar-refractivity contribution is 5.74. The molecule has 0 heterocycles. The van der Waals surface area contributed by atoms with Gasteiger partial charge in [0.1, 0.15) is 11.5 Å². The Labute approximate surface area is 163 Å². The quantitative estimate of drug-likeness (QED) is 0.484. The summed E-state index contributed by atoms with van der Waals surface area (Å²) in [6.45, 7) is 7.75. The Kier molecular flexibility index (Phi) is 7.34. The molecule has 27 heavy (non-hydrogen) atoms. The molecule has 0 spiro atoms. The van der Waals surface area contributed by atoms with E-state index in [-0.39, 0.29) is 29.4 Å². The molecule has 0 aliphatic heterocycles. The summed E-state index contributed by atoms with van der Waals surface area (Å²) in [6.07, 6.45) is 9.22. The number of phenolic OH excluding ortho intramolecular Hbond substituents is 2. The fraction of sp³-hybridized carbons (Fsp3) is 0.609. The zero-order chi connectivity index (χ0) is 20.1. The van der Waals surface area contributed by atoms with Gasteiger partial charge in [-0.05, 0) is 57.6 Å². The normalized spacial score (nSPS) is 18.1. The van der Waals surface area contributed by atoms with Crippen LogP contribution >= 0.6 is 0 Å². The van der Waals surface area contributed by atoms with Crippen LogP contribution in [0.1, 0.15) is 94.9 Å². The Bertz CT molecular complexity index is 708. The fourth-order valence-electron chi connectivity index (χ4n) is 4.15. The third kappa shape index (κ3) is 4.85. The van der Waals surface area contributed by atoms with Crippen molar-refractivity contribution < 1.29 is 15.0 Å². The topological polar surface area (TPSA) is 60.8 Å². The molecule has 1 aliphatic rings. The number of unbranched alkanes of at least 4 members (excludes halogenated alkanes) is 2. The molecular weight excluding hydrogens is 338 g/mol. The maximum atomic E-state index is 11.9. The molecule has 2 N–H and O–H groups in total. The summed E-state index contributed by atoms with van der Waals surface area (Å²) < 4.78 is 0. The number of hydrogen-bond donors (Lipinski definition) is 2. The second-order valence-corrected chi connectivity index (χ2v) is 8.01. The number of rotatable bonds is 7. The van der Waals surface area contributed by atoms with E-state index in [1.807, 2.05) is 13.0 Å². The third-order valence-electron chi connectivity index (χ3n) is 5.93. The minimum atomic E-state index is -0.243. The predicted octanol–water partition coefficient (Wildman–Crippen LogP) is 5.58. The van der Waals surface area contributed by atoms with Crippen molar-refractivity contribution in [1.29, 1.82) is 0 Å². The molecule has 2 unspecified atom stereocenters. The van der Waals surface area contributed by atoms with Gasteiger partial charge >= 0.3 is 0 Å². The van der Waals surface area contributed by atoms with E-state index in [1.54, 1.807) is 18.9 Å². The number of aromatic hydroxyl groups is 2. The van der Waals surface area contributed by atoms with Crippen LogP contribution in [0.3, 0.4) is 0 Å². The molecule has 1 amide bonds. The lowest BCUT2D eigenvalue weighted by Gasteiger charge is -2.30. The molecule has 150 valence electrons. The SMILES string of the molecule is CCCCCc1cc(O)c(C2C=C(C)CCC2)c(O)c1C(C)N(C)C(C)=O. The smallest absolute Gasteiger partial charge is 0.219 e. The number of amides is 1. The minimum Gasteiger partial charge on any atom is -0.507 e. The van der Waals surface area contributed by atoms with Crippen LogP contribution in [0.2, 0.25) is 0 Å². The zero-order valence-electron chi connectivity index (χ0n) is 17.5. The summed E-state index contributed by atoms with van der Waals surface area (Å²) in [5, 5.41) is 22.0. The third-order valence-corrected chi connectivity index (χ3v) is 5.93. The molecule has 0 bridgehead atoms. The molecule has 1 aromatic carbocycles. The number of carbonyl (C=O) groups is 1. The molecule has 0 saturated carbocycles. The van der Waals surface area contributed by atoms with Crippen molar-refractivity contribution in [3.05, 3.63) is 34.4 Å². The Hall–Kier alpha value is -1.97. The van der Waals surface area contributed by atoms with Crippen LogP contribution in [0, 0.1) is 0 Å². The molecule has 0 fully saturated rings. The lowest BCUT2D eigenvalue weighted by Crippen LogP contribution is -2.28. The van der Waals surface area contributed by atoms with E-state index in [2.05, 4.69) is 19.9 Å². The highest BCUT2D eigenvalue weighted by Crippen LogP contribution is 2.46. The van der Waals surface area contributed by atoms with E-state index in [0.717, 1.165) is 56.1 Å². The van der Waals surface area contributed by atoms with E-state index in [9.17, 15) is 15.0 Å². The van der Waals surface area contributed by atoms with Crippen molar-refractivity contribution >= 4 is 5.91 Å². The number of benzene rings is 1. The van der Waals surface area contributed by atoms with E-state index >= 15 is 0 Å². The van der Waals surface area contributed by atoms with Crippen LogP contribution in [0.25, 0.3) is 0 Å². The first-order chi connectivity index (χ1) is 12.8. The van der Waals surface area contributed by atoms with Crippen LogP contribution in [0.5, 0.6) is 11.5 Å². The van der Waals surface area contributed by atoms with Gasteiger partial charge < -0.3 is 15.1 Å². The Balaban J connectivity index is 2.55. The van der Waals surface area contributed by atoms with Gasteiger partial charge in [-0.1, -0.05) is 31.4 Å². The lowest BCUT2D eigenvalue weighted by molar-refractivity contribution is -0.129. The van der Waals surface area contributed by atoms with Gasteiger partial charge in [0.05, 0.1) is 6.04 Å². The summed E-state index contributed by atoms with van der Waals surface area (Å²) >= 11 is 0. The lowest BCUT2D eigenvalue weighted by atomic mass is 9.82. The van der Waals surface area contributed by atoms with Gasteiger partial charge in [-0.25, -0.2) is 0 Å². The number of hydrogen-bond acceptors (Lipinski definition) is 3. The van der Waals surface area contributed by atoms with Gasteiger partial charge in [-0.15, -0.1) is 0 Å². The summed E-state index contributed by atoms with van der Waals surface area (Å²) in [5.74, 6) is 0.330. The van der Waals surface area contributed by atoms with Crippen molar-refractivity contribution in [2.45, 2.75) is 84.6 Å². The number of aryl methyl sites for hydroxylation is 1. The molecular formula is C23H35NO3. The van der Waals surface area contributed by atoms with Gasteiger partial charge in [0, 0.05) is 31.0 Å². The van der Waals surface area contributed by atoms with Gasteiger partial charge in [-0.3, -0.25) is 4.79 Å². The van der Waals surface area contributed by atoms with Gasteiger partial charge in [0.2, 0.25) is 5.91 Å². The first-order valence-electron chi connectivity index (χ1n) is 10.3. The van der Waals surface area contributed by atoms with Crippen molar-refractivity contribution in [1.82, 2.24) is 4.90 Å². The Morgan fingerprint density at radius 2 is 2.04 bits per heavy atom. The van der Waals surface area contributed by atoms with E-state index in [1.165, 1.54) is 5.57 Å². The minimum absolute atomic E-state index is 0.0250. The van der Waals surface area contributed by atoms with Gasteiger partial charge in [0.15, 0.2) is 0 Å². The number of nitrogens with zero attached hydrogens (tertiary/aromatic N) is 1. The maximum Gasteiger partial charge on any atom is 0.219 e. The number of allylic oxidation sites excluding steroid dienone is 2. The van der Waals surface area contributed by atoms with E-state index in [4.69, 9.17) is 0 Å². The highest BCUT2D eigenvalue weighted by Gasteiger charge is 2.28. The van der Waals surface area contributed by atoms with Gasteiger partial charge in [0.25, 0.3) is 0 Å². The first kappa shape index (κ1) is 21.3. The van der Waals surface area contributed by atoms with Crippen LogP contribution in [-0.4, -0.2) is 28.1 Å². The highest BCUT2D eigenvalue weighted by atomic mass is 16.3. The van der Waals surface area contributed by atoms with Crippen molar-refractivity contribution in [3.8, 4) is 11.5 Å². The van der Waals surface area contributed by atoms with Gasteiger partial charge in [-0.2, -0.15) is 0 Å². The predicted molar refractivity (Wildman–Crippen MR) is 110 cm³/mol. The largest absolute Gasteiger partial charge is 0.507 e. The molecule has 4 nitrogen and oxygen atoms in total. The molecule has 2 atom stereocenters. The second-order valence-electron chi connectivity index (χ2n) is 8.01. The number of carbonyl (C=O) groups excluding carboxylic acids is 1. The molecule has 1 aliphatic carbocycles. The average Bonchev–Trinajstić information content (AvgIpc) is 2.60. The summed E-state index contributed by atoms with van der Waals surface area (Å²) in [4.78, 5) is 13.6. The molecule has 0 radical (unpaired) electrons. The van der Waals surface area contributed by atoms with Crippen LogP contribution < -0.4 is 0 Å². The average molecular weight is 374 g/mol. The Morgan fingerprint density at radius 3 is 2.63 bits per heavy atom. The first-order valence-corrected chi connectivity index (χ1v) is 10.3. The Morgan fingerprint density at radius 1 is 1.33 bits per heavy atom. The van der Waals surface area contributed by atoms with Crippen LogP contribution in [0.4, 0.5) is 0 Å². The monoisotopic (exact) mass is 373 g/mol. The standard InChI is InChI=1S/C23H35NO3/c1-6-7-8-11-19-14-20(26)22(18-12-9-10-15(2)13-18)23(27)21(19)16(3)24(5)17(4)25/h13-14,16,18,26-27H,6-12H2,1-5H3. The maximum absolute atomic E-state index is 11.9. The molecule has 0 saturated heterocycles. The summed E-state index contributed by atoms with van der Waals surface area (Å²) in [5.41, 5.74) is 3.65. The zero-order valence-corrected chi connectivity index (χ0v) is 17.5. The van der Waals surface area contributed by atoms with Crippen molar-refractivity contribution in [3.63, 3.8) is 0 Å². The summed E-state index contributed by atoms with van der Waals surface area (Å²) in [6, 6.07) is 1.58. The molecule has 1 aromatic rings. The van der Waals surface area contributed by atoms with Crippen LogP contribution in [-0.2, 0) is 11.2 Å². The van der Waals surface area contributed by atoms with Crippen molar-refractivity contribution in [2.75, 3.05) is 7.05 Å². The molecule has 2 rings (SSSR count). The van der Waals surface area contributed by atoms with Crippen LogP contribution in [0.15, 0.2) is 17.7 Å². The van der Waals surface area contributed by atoms with Crippen molar-refractivity contribution in [2.24, 2.45) is 0 Å².